The molecular formula is C26H23NO3. The Balaban J connectivity index is 1.47. The molecule has 0 atom stereocenters. The van der Waals surface area contributed by atoms with E-state index in [4.69, 9.17) is 4.84 Å². The van der Waals surface area contributed by atoms with Crippen LogP contribution in [-0.4, -0.2) is 23.5 Å². The Bertz CT molecular complexity index is 982. The van der Waals surface area contributed by atoms with Gasteiger partial charge in [0, 0.05) is 0 Å². The molecule has 1 aliphatic rings. The zero-order valence-electron chi connectivity index (χ0n) is 16.7. The number of benzene rings is 3. The first kappa shape index (κ1) is 19.8. The summed E-state index contributed by atoms with van der Waals surface area (Å²) in [6, 6.07) is 28.8. The van der Waals surface area contributed by atoms with Crippen molar-refractivity contribution in [3.63, 3.8) is 0 Å². The van der Waals surface area contributed by atoms with E-state index in [1.54, 1.807) is 0 Å². The molecule has 0 saturated heterocycles. The Hall–Kier alpha value is -3.50. The Morgan fingerprint density at radius 1 is 0.600 bits per heavy atom. The number of unbranched alkanes of at least 4 members (excludes halogenated alkanes) is 1. The lowest BCUT2D eigenvalue weighted by Gasteiger charge is -2.14. The van der Waals surface area contributed by atoms with Crippen LogP contribution in [0.25, 0.3) is 11.1 Å². The van der Waals surface area contributed by atoms with Crippen molar-refractivity contribution in [2.45, 2.75) is 19.3 Å². The second-order valence-corrected chi connectivity index (χ2v) is 7.16. The van der Waals surface area contributed by atoms with Crippen LogP contribution in [0.1, 0.15) is 29.5 Å². The molecule has 2 amide bonds. The third-order valence-electron chi connectivity index (χ3n) is 5.09. The van der Waals surface area contributed by atoms with Gasteiger partial charge in [-0.1, -0.05) is 91.0 Å². The number of nitrogens with zero attached hydrogens (tertiary/aromatic N) is 1. The van der Waals surface area contributed by atoms with E-state index in [1.165, 1.54) is 5.56 Å². The summed E-state index contributed by atoms with van der Waals surface area (Å²) >= 11 is 0. The summed E-state index contributed by atoms with van der Waals surface area (Å²) in [4.78, 5) is 31.9. The molecule has 0 N–H and O–H groups in total. The summed E-state index contributed by atoms with van der Waals surface area (Å²) in [6.07, 6.45) is 2.62. The van der Waals surface area contributed by atoms with Gasteiger partial charge in [0.1, 0.15) is 0 Å². The van der Waals surface area contributed by atoms with Crippen LogP contribution in [-0.2, 0) is 20.8 Å². The summed E-state index contributed by atoms with van der Waals surface area (Å²) in [7, 11) is 0. The van der Waals surface area contributed by atoms with Gasteiger partial charge in [0.25, 0.3) is 11.8 Å². The first-order chi connectivity index (χ1) is 14.8. The van der Waals surface area contributed by atoms with Crippen LogP contribution in [0.15, 0.2) is 91.0 Å². The number of carbonyl (C=O) groups is 2. The highest BCUT2D eigenvalue weighted by Gasteiger charge is 2.40. The fraction of sp³-hybridized carbons (Fsp3) is 0.154. The maximum atomic E-state index is 13.1. The molecule has 4 nitrogen and oxygen atoms in total. The van der Waals surface area contributed by atoms with Crippen LogP contribution in [0, 0.1) is 0 Å². The Labute approximate surface area is 176 Å². The monoisotopic (exact) mass is 397 g/mol. The van der Waals surface area contributed by atoms with Crippen LogP contribution in [0.2, 0.25) is 0 Å². The molecule has 0 saturated carbocycles. The lowest BCUT2D eigenvalue weighted by atomic mass is 9.96. The van der Waals surface area contributed by atoms with E-state index in [9.17, 15) is 9.59 Å². The largest absolute Gasteiger partial charge is 0.286 e. The van der Waals surface area contributed by atoms with E-state index in [0.29, 0.717) is 28.9 Å². The minimum atomic E-state index is -0.409. The maximum Gasteiger partial charge on any atom is 0.286 e. The van der Waals surface area contributed by atoms with Gasteiger partial charge in [-0.05, 0) is 36.0 Å². The van der Waals surface area contributed by atoms with Gasteiger partial charge in [-0.3, -0.25) is 14.4 Å². The lowest BCUT2D eigenvalue weighted by Crippen LogP contribution is -2.32. The molecule has 0 aliphatic carbocycles. The molecule has 0 fully saturated rings. The predicted octanol–water partition coefficient (Wildman–Crippen LogP) is 4.92. The smallest absolute Gasteiger partial charge is 0.266 e. The molecule has 1 heterocycles. The maximum absolute atomic E-state index is 13.1. The Morgan fingerprint density at radius 3 is 1.57 bits per heavy atom. The van der Waals surface area contributed by atoms with Gasteiger partial charge in [-0.2, -0.15) is 0 Å². The molecule has 4 heteroatoms. The van der Waals surface area contributed by atoms with Crippen LogP contribution in [0.5, 0.6) is 0 Å². The number of carbonyl (C=O) groups excluding carboxylic acids is 2. The molecule has 0 radical (unpaired) electrons. The highest BCUT2D eigenvalue weighted by atomic mass is 16.7. The van der Waals surface area contributed by atoms with Crippen molar-refractivity contribution in [1.29, 1.82) is 0 Å². The molecule has 3 aromatic carbocycles. The molecule has 150 valence electrons. The Kier molecular flexibility index (Phi) is 6.16. The average Bonchev–Trinajstić information content (AvgIpc) is 3.05. The summed E-state index contributed by atoms with van der Waals surface area (Å²) in [6.45, 7) is 0.314. The van der Waals surface area contributed by atoms with Crippen molar-refractivity contribution in [1.82, 2.24) is 5.06 Å². The summed E-state index contributed by atoms with van der Waals surface area (Å²) in [5.41, 5.74) is 3.46. The third-order valence-corrected chi connectivity index (χ3v) is 5.09. The topological polar surface area (TPSA) is 46.6 Å². The van der Waals surface area contributed by atoms with E-state index in [1.807, 2.05) is 78.9 Å². The van der Waals surface area contributed by atoms with Crippen LogP contribution in [0.4, 0.5) is 0 Å². The van der Waals surface area contributed by atoms with Gasteiger partial charge >= 0.3 is 0 Å². The van der Waals surface area contributed by atoms with Crippen molar-refractivity contribution in [3.8, 4) is 0 Å². The minimum Gasteiger partial charge on any atom is -0.266 e. The zero-order chi connectivity index (χ0) is 20.8. The van der Waals surface area contributed by atoms with E-state index in [-0.39, 0.29) is 0 Å². The standard InChI is InChI=1S/C26H23NO3/c28-25-23(21-15-6-2-7-16-21)24(22-17-8-3-9-18-22)26(29)27(25)30-19-11-10-14-20-12-4-1-5-13-20/h1-9,12-13,15-18H,10-11,14,19H2. The molecule has 1 aliphatic heterocycles. The Morgan fingerprint density at radius 2 is 1.07 bits per heavy atom. The second-order valence-electron chi connectivity index (χ2n) is 7.16. The van der Waals surface area contributed by atoms with E-state index >= 15 is 0 Å². The second kappa shape index (κ2) is 9.33. The molecule has 3 aromatic rings. The number of hydroxylamine groups is 2. The number of hydrogen-bond donors (Lipinski definition) is 0. The molecule has 0 unspecified atom stereocenters. The van der Waals surface area contributed by atoms with E-state index in [0.717, 1.165) is 24.3 Å². The summed E-state index contributed by atoms with van der Waals surface area (Å²) < 4.78 is 0. The summed E-state index contributed by atoms with van der Waals surface area (Å²) in [5.74, 6) is -0.818. The fourth-order valence-electron chi connectivity index (χ4n) is 3.60. The number of hydrogen-bond acceptors (Lipinski definition) is 3. The van der Waals surface area contributed by atoms with Gasteiger partial charge in [-0.25, -0.2) is 0 Å². The number of aryl methyl sites for hydroxylation is 1. The number of imide groups is 1. The van der Waals surface area contributed by atoms with Crippen LogP contribution in [0.3, 0.4) is 0 Å². The van der Waals surface area contributed by atoms with Crippen molar-refractivity contribution in [2.24, 2.45) is 0 Å². The summed E-state index contributed by atoms with van der Waals surface area (Å²) in [5, 5.41) is 0.924. The van der Waals surface area contributed by atoms with E-state index < -0.39 is 11.8 Å². The van der Waals surface area contributed by atoms with E-state index in [2.05, 4.69) is 12.1 Å². The van der Waals surface area contributed by atoms with Gasteiger partial charge in [0.2, 0.25) is 0 Å². The predicted molar refractivity (Wildman–Crippen MR) is 117 cm³/mol. The van der Waals surface area contributed by atoms with Crippen molar-refractivity contribution < 1.29 is 14.4 Å². The third kappa shape index (κ3) is 4.24. The molecule has 0 spiro atoms. The quantitative estimate of drug-likeness (QED) is 0.400. The average molecular weight is 397 g/mol. The van der Waals surface area contributed by atoms with Gasteiger partial charge < -0.3 is 0 Å². The minimum absolute atomic E-state index is 0.314. The van der Waals surface area contributed by atoms with Gasteiger partial charge in [0.05, 0.1) is 17.8 Å². The lowest BCUT2D eigenvalue weighted by molar-refractivity contribution is -0.184. The molecule has 30 heavy (non-hydrogen) atoms. The van der Waals surface area contributed by atoms with Gasteiger partial charge in [-0.15, -0.1) is 5.06 Å². The van der Waals surface area contributed by atoms with Crippen molar-refractivity contribution >= 4 is 23.0 Å². The van der Waals surface area contributed by atoms with Crippen LogP contribution >= 0.6 is 0 Å². The van der Waals surface area contributed by atoms with Crippen molar-refractivity contribution in [2.75, 3.05) is 6.61 Å². The number of amides is 2. The fourth-order valence-corrected chi connectivity index (χ4v) is 3.60. The molecule has 0 bridgehead atoms. The molecule has 4 rings (SSSR count). The SMILES string of the molecule is O=C1C(c2ccccc2)=C(c2ccccc2)C(=O)N1OCCCCc1ccccc1. The molecular weight excluding hydrogens is 374 g/mol. The highest BCUT2D eigenvalue weighted by Crippen LogP contribution is 2.35. The highest BCUT2D eigenvalue weighted by molar-refractivity contribution is 6.48. The molecule has 0 aromatic heterocycles. The van der Waals surface area contributed by atoms with Crippen LogP contribution < -0.4 is 0 Å². The first-order valence-corrected chi connectivity index (χ1v) is 10.2. The number of rotatable bonds is 8. The van der Waals surface area contributed by atoms with Crippen molar-refractivity contribution in [3.05, 3.63) is 108 Å². The van der Waals surface area contributed by atoms with Gasteiger partial charge in [0.15, 0.2) is 0 Å². The normalized spacial score (nSPS) is 13.9. The zero-order valence-corrected chi connectivity index (χ0v) is 16.7. The first-order valence-electron chi connectivity index (χ1n) is 10.2.